The van der Waals surface area contributed by atoms with Crippen molar-refractivity contribution < 1.29 is 9.59 Å². The second-order valence-corrected chi connectivity index (χ2v) is 5.89. The molecule has 0 unspecified atom stereocenters. The van der Waals surface area contributed by atoms with Crippen LogP contribution in [-0.2, 0) is 4.79 Å². The van der Waals surface area contributed by atoms with Gasteiger partial charge in [-0.2, -0.15) is 0 Å². The lowest BCUT2D eigenvalue weighted by atomic mass is 10.0. The fourth-order valence-corrected chi connectivity index (χ4v) is 2.71. The van der Waals surface area contributed by atoms with Gasteiger partial charge >= 0.3 is 6.03 Å². The van der Waals surface area contributed by atoms with Crippen LogP contribution in [0.1, 0.15) is 34.6 Å². The van der Waals surface area contributed by atoms with Crippen molar-refractivity contribution in [3.8, 4) is 0 Å². The Hall–Kier alpha value is -1.30. The molecule has 1 heterocycles. The fourth-order valence-electron chi connectivity index (χ4n) is 2.71. The maximum Gasteiger partial charge on any atom is 0.320 e. The largest absolute Gasteiger partial charge is 0.338 e. The van der Waals surface area contributed by atoms with Crippen molar-refractivity contribution in [2.45, 2.75) is 40.2 Å². The van der Waals surface area contributed by atoms with E-state index >= 15 is 0 Å². The third kappa shape index (κ3) is 4.33. The standard InChI is InChI=1S/C15H30N4O2/c1-6-16-15(4,5)13(20)18-9-11-19(12-10-18)14(21)17(7-2)8-3/h16H,6-12H2,1-5H3. The van der Waals surface area contributed by atoms with Gasteiger partial charge in [-0.3, -0.25) is 4.79 Å². The number of carbonyl (C=O) groups excluding carboxylic acids is 2. The average Bonchev–Trinajstić information content (AvgIpc) is 2.47. The average molecular weight is 298 g/mol. The van der Waals surface area contributed by atoms with Crippen LogP contribution in [-0.4, -0.2) is 78.0 Å². The van der Waals surface area contributed by atoms with E-state index in [1.54, 1.807) is 0 Å². The topological polar surface area (TPSA) is 55.9 Å². The summed E-state index contributed by atoms with van der Waals surface area (Å²) in [6.07, 6.45) is 0. The number of hydrogen-bond donors (Lipinski definition) is 1. The van der Waals surface area contributed by atoms with Crippen molar-refractivity contribution in [2.75, 3.05) is 45.8 Å². The number of amides is 3. The Morgan fingerprint density at radius 2 is 1.48 bits per heavy atom. The van der Waals surface area contributed by atoms with Gasteiger partial charge in [-0.05, 0) is 34.2 Å². The van der Waals surface area contributed by atoms with Crippen LogP contribution < -0.4 is 5.32 Å². The zero-order valence-electron chi connectivity index (χ0n) is 14.1. The Morgan fingerprint density at radius 1 is 1.00 bits per heavy atom. The normalized spacial score (nSPS) is 16.0. The van der Waals surface area contributed by atoms with Crippen LogP contribution in [0.5, 0.6) is 0 Å². The number of likely N-dealkylation sites (N-methyl/N-ethyl adjacent to an activating group) is 1. The minimum absolute atomic E-state index is 0.0815. The Morgan fingerprint density at radius 3 is 1.90 bits per heavy atom. The molecule has 1 saturated heterocycles. The summed E-state index contributed by atoms with van der Waals surface area (Å²) in [7, 11) is 0. The van der Waals surface area contributed by atoms with Gasteiger partial charge in [-0.25, -0.2) is 4.79 Å². The molecule has 6 nitrogen and oxygen atoms in total. The fraction of sp³-hybridized carbons (Fsp3) is 0.867. The maximum atomic E-state index is 12.5. The van der Waals surface area contributed by atoms with Gasteiger partial charge in [-0.15, -0.1) is 0 Å². The smallest absolute Gasteiger partial charge is 0.320 e. The zero-order valence-corrected chi connectivity index (χ0v) is 14.1. The molecule has 0 radical (unpaired) electrons. The first-order chi connectivity index (χ1) is 9.87. The molecule has 0 aromatic rings. The summed E-state index contributed by atoms with van der Waals surface area (Å²) in [4.78, 5) is 30.3. The highest BCUT2D eigenvalue weighted by Crippen LogP contribution is 2.12. The summed E-state index contributed by atoms with van der Waals surface area (Å²) in [6, 6.07) is 0.0815. The Labute approximate surface area is 128 Å². The number of nitrogens with zero attached hydrogens (tertiary/aromatic N) is 3. The molecule has 0 aliphatic carbocycles. The molecule has 1 N–H and O–H groups in total. The predicted octanol–water partition coefficient (Wildman–Crippen LogP) is 0.981. The molecular weight excluding hydrogens is 268 g/mol. The lowest BCUT2D eigenvalue weighted by Gasteiger charge is -2.40. The third-order valence-electron chi connectivity index (χ3n) is 4.02. The first-order valence-corrected chi connectivity index (χ1v) is 7.95. The van der Waals surface area contributed by atoms with E-state index in [0.717, 1.165) is 19.6 Å². The van der Waals surface area contributed by atoms with Crippen LogP contribution in [0.15, 0.2) is 0 Å². The predicted molar refractivity (Wildman–Crippen MR) is 84.2 cm³/mol. The van der Waals surface area contributed by atoms with E-state index in [-0.39, 0.29) is 11.9 Å². The zero-order chi connectivity index (χ0) is 16.0. The molecule has 1 rings (SSSR count). The van der Waals surface area contributed by atoms with E-state index in [4.69, 9.17) is 0 Å². The maximum absolute atomic E-state index is 12.5. The molecule has 0 spiro atoms. The summed E-state index contributed by atoms with van der Waals surface area (Å²) >= 11 is 0. The van der Waals surface area contributed by atoms with Crippen molar-refractivity contribution in [1.82, 2.24) is 20.0 Å². The van der Waals surface area contributed by atoms with Gasteiger partial charge in [0.15, 0.2) is 0 Å². The minimum Gasteiger partial charge on any atom is -0.338 e. The number of urea groups is 1. The first-order valence-electron chi connectivity index (χ1n) is 7.95. The van der Waals surface area contributed by atoms with E-state index in [1.807, 2.05) is 49.3 Å². The van der Waals surface area contributed by atoms with Crippen molar-refractivity contribution in [3.05, 3.63) is 0 Å². The molecule has 0 saturated carbocycles. The van der Waals surface area contributed by atoms with E-state index in [2.05, 4.69) is 5.32 Å². The van der Waals surface area contributed by atoms with Crippen molar-refractivity contribution in [3.63, 3.8) is 0 Å². The summed E-state index contributed by atoms with van der Waals surface area (Å²) in [5.41, 5.74) is -0.542. The highest BCUT2D eigenvalue weighted by Gasteiger charge is 2.34. The molecule has 6 heteroatoms. The summed E-state index contributed by atoms with van der Waals surface area (Å²) in [5.74, 6) is 0.110. The van der Waals surface area contributed by atoms with Gasteiger partial charge in [0.05, 0.1) is 5.54 Å². The van der Waals surface area contributed by atoms with Crippen LogP contribution in [0.25, 0.3) is 0 Å². The SMILES string of the molecule is CCNC(C)(C)C(=O)N1CCN(C(=O)N(CC)CC)CC1. The molecule has 3 amide bonds. The second-order valence-electron chi connectivity index (χ2n) is 5.89. The van der Waals surface area contributed by atoms with Gasteiger partial charge < -0.3 is 20.0 Å². The quantitative estimate of drug-likeness (QED) is 0.823. The molecule has 21 heavy (non-hydrogen) atoms. The summed E-state index contributed by atoms with van der Waals surface area (Å²) < 4.78 is 0. The van der Waals surface area contributed by atoms with E-state index in [9.17, 15) is 9.59 Å². The van der Waals surface area contributed by atoms with Crippen LogP contribution in [0.2, 0.25) is 0 Å². The molecule has 1 fully saturated rings. The van der Waals surface area contributed by atoms with E-state index < -0.39 is 5.54 Å². The number of rotatable bonds is 5. The minimum atomic E-state index is -0.542. The Balaban J connectivity index is 2.56. The van der Waals surface area contributed by atoms with Gasteiger partial charge in [0.2, 0.25) is 5.91 Å². The third-order valence-corrected chi connectivity index (χ3v) is 4.02. The molecule has 0 atom stereocenters. The number of hydrogen-bond acceptors (Lipinski definition) is 3. The molecule has 122 valence electrons. The van der Waals surface area contributed by atoms with Gasteiger partial charge in [-0.1, -0.05) is 6.92 Å². The summed E-state index contributed by atoms with van der Waals surface area (Å²) in [6.45, 7) is 14.4. The molecule has 1 aliphatic heterocycles. The molecular formula is C15H30N4O2. The monoisotopic (exact) mass is 298 g/mol. The highest BCUT2D eigenvalue weighted by molar-refractivity contribution is 5.86. The van der Waals surface area contributed by atoms with Crippen LogP contribution in [0, 0.1) is 0 Å². The number of piperazine rings is 1. The number of nitrogens with one attached hydrogen (secondary N) is 1. The summed E-state index contributed by atoms with van der Waals surface area (Å²) in [5, 5.41) is 3.21. The number of carbonyl (C=O) groups is 2. The Bertz CT molecular complexity index is 359. The lowest BCUT2D eigenvalue weighted by Crippen LogP contribution is -2.60. The van der Waals surface area contributed by atoms with Crippen molar-refractivity contribution in [2.24, 2.45) is 0 Å². The Kier molecular flexibility index (Phi) is 6.45. The highest BCUT2D eigenvalue weighted by atomic mass is 16.2. The lowest BCUT2D eigenvalue weighted by molar-refractivity contribution is -0.138. The van der Waals surface area contributed by atoms with Crippen LogP contribution in [0.4, 0.5) is 4.79 Å². The van der Waals surface area contributed by atoms with Crippen molar-refractivity contribution >= 4 is 11.9 Å². The van der Waals surface area contributed by atoms with Gasteiger partial charge in [0.1, 0.15) is 0 Å². The first kappa shape index (κ1) is 17.8. The van der Waals surface area contributed by atoms with Crippen LogP contribution in [0.3, 0.4) is 0 Å². The molecule has 1 aliphatic rings. The van der Waals surface area contributed by atoms with E-state index in [1.165, 1.54) is 0 Å². The molecule has 0 aromatic heterocycles. The molecule has 0 aromatic carbocycles. The van der Waals surface area contributed by atoms with Crippen molar-refractivity contribution in [1.29, 1.82) is 0 Å². The van der Waals surface area contributed by atoms with Crippen LogP contribution >= 0.6 is 0 Å². The molecule has 0 bridgehead atoms. The van der Waals surface area contributed by atoms with Gasteiger partial charge in [0, 0.05) is 39.3 Å². The van der Waals surface area contributed by atoms with Gasteiger partial charge in [0.25, 0.3) is 0 Å². The second kappa shape index (κ2) is 7.64. The van der Waals surface area contributed by atoms with E-state index in [0.29, 0.717) is 26.2 Å².